The average Bonchev–Trinajstić information content (AvgIpc) is 1.97. The Morgan fingerprint density at radius 3 is 0.684 bits per heavy atom. The zero-order valence-electron chi connectivity index (χ0n) is 11.7. The number of carboxylic acid groups (broad SMARTS) is 4. The van der Waals surface area contributed by atoms with Gasteiger partial charge in [-0.05, 0) is 6.54 Å². The van der Waals surface area contributed by atoms with E-state index in [0.29, 0.717) is 0 Å². The normalized spacial score (nSPS) is 6.21. The second-order valence-corrected chi connectivity index (χ2v) is 2.48. The molecular weight excluding hydrogens is 262 g/mol. The van der Waals surface area contributed by atoms with Crippen LogP contribution in [0.25, 0.3) is 0 Å². The minimum absolute atomic E-state index is 0.750. The topological polar surface area (TPSA) is 175 Å². The standard InChI is InChI=1S/C2H7N.4C2H4O2/c1-2-3;4*1-2(3)4/h2-3H2,1H3;4*1H3,(H,3,4). The van der Waals surface area contributed by atoms with Gasteiger partial charge >= 0.3 is 0 Å². The molecule has 0 aromatic carbocycles. The van der Waals surface area contributed by atoms with E-state index in [0.717, 1.165) is 34.2 Å². The third-order valence-electron chi connectivity index (χ3n) is 0. The first-order chi connectivity index (χ1) is 8.34. The number of hydrogen-bond acceptors (Lipinski definition) is 5. The summed E-state index contributed by atoms with van der Waals surface area (Å²) in [5.74, 6) is -3.33. The molecule has 0 radical (unpaired) electrons. The van der Waals surface area contributed by atoms with Gasteiger partial charge in [0.15, 0.2) is 0 Å². The molecule has 0 amide bonds. The Morgan fingerprint density at radius 2 is 0.684 bits per heavy atom. The van der Waals surface area contributed by atoms with Crippen molar-refractivity contribution in [3.8, 4) is 0 Å². The quantitative estimate of drug-likeness (QED) is 0.419. The van der Waals surface area contributed by atoms with Gasteiger partial charge in [0.1, 0.15) is 0 Å². The molecule has 0 rings (SSSR count). The predicted molar refractivity (Wildman–Crippen MR) is 68.0 cm³/mol. The third-order valence-corrected chi connectivity index (χ3v) is 0. The Balaban J connectivity index is -0.0000000432. The first kappa shape index (κ1) is 30.1. The van der Waals surface area contributed by atoms with Gasteiger partial charge in [-0.1, -0.05) is 6.92 Å². The molecule has 0 aromatic rings. The molecule has 0 aliphatic rings. The van der Waals surface area contributed by atoms with Gasteiger partial charge < -0.3 is 26.2 Å². The molecule has 0 atom stereocenters. The molecule has 19 heavy (non-hydrogen) atoms. The Hall–Kier alpha value is -2.16. The zero-order chi connectivity index (χ0) is 17.0. The van der Waals surface area contributed by atoms with Crippen molar-refractivity contribution in [3.05, 3.63) is 0 Å². The molecule has 0 saturated heterocycles. The monoisotopic (exact) mass is 285 g/mol. The lowest BCUT2D eigenvalue weighted by atomic mass is 10.8. The van der Waals surface area contributed by atoms with Gasteiger partial charge in [-0.25, -0.2) is 0 Å². The van der Waals surface area contributed by atoms with Crippen LogP contribution in [0.4, 0.5) is 0 Å². The lowest BCUT2D eigenvalue weighted by Crippen LogP contribution is -1.87. The summed E-state index contributed by atoms with van der Waals surface area (Å²) in [6.07, 6.45) is 0. The van der Waals surface area contributed by atoms with Crippen LogP contribution in [-0.4, -0.2) is 50.8 Å². The Kier molecular flexibility index (Phi) is 47.1. The van der Waals surface area contributed by atoms with Crippen molar-refractivity contribution in [2.24, 2.45) is 5.73 Å². The van der Waals surface area contributed by atoms with Crippen molar-refractivity contribution in [2.75, 3.05) is 6.54 Å². The fourth-order valence-electron chi connectivity index (χ4n) is 0. The molecule has 0 bridgehead atoms. The summed E-state index contributed by atoms with van der Waals surface area (Å²) in [5, 5.41) is 29.7. The summed E-state index contributed by atoms with van der Waals surface area (Å²) in [7, 11) is 0. The van der Waals surface area contributed by atoms with Crippen LogP contribution in [-0.2, 0) is 19.2 Å². The first-order valence-electron chi connectivity index (χ1n) is 4.83. The Labute approximate surface area is 111 Å². The maximum atomic E-state index is 9.00. The molecule has 9 heteroatoms. The highest BCUT2D eigenvalue weighted by molar-refractivity contribution is 5.63. The van der Waals surface area contributed by atoms with E-state index in [1.54, 1.807) is 0 Å². The van der Waals surface area contributed by atoms with E-state index in [9.17, 15) is 0 Å². The van der Waals surface area contributed by atoms with E-state index in [4.69, 9.17) is 45.3 Å². The van der Waals surface area contributed by atoms with Gasteiger partial charge in [0, 0.05) is 27.7 Å². The van der Waals surface area contributed by atoms with E-state index in [1.165, 1.54) is 0 Å². The van der Waals surface area contributed by atoms with Crippen LogP contribution in [0.15, 0.2) is 0 Å². The summed E-state index contributed by atoms with van der Waals surface area (Å²) < 4.78 is 0. The third kappa shape index (κ3) is 650. The molecule has 0 aromatic heterocycles. The van der Waals surface area contributed by atoms with Crippen LogP contribution in [0, 0.1) is 0 Å². The molecule has 9 nitrogen and oxygen atoms in total. The second kappa shape index (κ2) is 29.7. The predicted octanol–water partition coefficient (Wildman–Crippen LogP) is 0.329. The molecule has 0 aliphatic heterocycles. The van der Waals surface area contributed by atoms with Crippen LogP contribution in [0.5, 0.6) is 0 Å². The summed E-state index contributed by atoms with van der Waals surface area (Å²) in [5.41, 5.74) is 4.85. The van der Waals surface area contributed by atoms with E-state index < -0.39 is 23.9 Å². The molecular formula is C10H23NO8. The summed E-state index contributed by atoms with van der Waals surface area (Å²) >= 11 is 0. The number of rotatable bonds is 0. The molecule has 0 aliphatic carbocycles. The molecule has 6 N–H and O–H groups in total. The lowest BCUT2D eigenvalue weighted by Gasteiger charge is -1.59. The lowest BCUT2D eigenvalue weighted by molar-refractivity contribution is -0.135. The van der Waals surface area contributed by atoms with E-state index in [1.807, 2.05) is 6.92 Å². The number of carboxylic acids is 4. The summed E-state index contributed by atoms with van der Waals surface area (Å²) in [4.78, 5) is 36.0. The van der Waals surface area contributed by atoms with Crippen molar-refractivity contribution in [1.29, 1.82) is 0 Å². The van der Waals surface area contributed by atoms with Gasteiger partial charge in [-0.15, -0.1) is 0 Å². The zero-order valence-corrected chi connectivity index (χ0v) is 11.7. The molecule has 116 valence electrons. The van der Waals surface area contributed by atoms with Gasteiger partial charge in [-0.3, -0.25) is 19.2 Å². The molecule has 0 fully saturated rings. The largest absolute Gasteiger partial charge is 0.481 e. The molecule has 0 spiro atoms. The average molecular weight is 285 g/mol. The van der Waals surface area contributed by atoms with Crippen LogP contribution >= 0.6 is 0 Å². The highest BCUT2D eigenvalue weighted by atomic mass is 16.4. The van der Waals surface area contributed by atoms with Crippen LogP contribution in [0.3, 0.4) is 0 Å². The van der Waals surface area contributed by atoms with Crippen molar-refractivity contribution >= 4 is 23.9 Å². The molecule has 0 heterocycles. The van der Waals surface area contributed by atoms with Crippen LogP contribution in [0.1, 0.15) is 34.6 Å². The molecule has 0 unspecified atom stereocenters. The fourth-order valence-corrected chi connectivity index (χ4v) is 0. The van der Waals surface area contributed by atoms with Crippen LogP contribution in [0.2, 0.25) is 0 Å². The van der Waals surface area contributed by atoms with Gasteiger partial charge in [0.05, 0.1) is 0 Å². The maximum Gasteiger partial charge on any atom is 0.300 e. The van der Waals surface area contributed by atoms with Crippen LogP contribution < -0.4 is 5.73 Å². The number of hydrogen-bond donors (Lipinski definition) is 5. The number of nitrogens with two attached hydrogens (primary N) is 1. The van der Waals surface area contributed by atoms with E-state index in [2.05, 4.69) is 0 Å². The Morgan fingerprint density at radius 1 is 0.684 bits per heavy atom. The first-order valence-corrected chi connectivity index (χ1v) is 4.83. The van der Waals surface area contributed by atoms with Gasteiger partial charge in [-0.2, -0.15) is 0 Å². The number of carbonyl (C=O) groups is 4. The Bertz CT molecular complexity index is 176. The minimum Gasteiger partial charge on any atom is -0.481 e. The van der Waals surface area contributed by atoms with E-state index >= 15 is 0 Å². The molecule has 0 saturated carbocycles. The highest BCUT2D eigenvalue weighted by Crippen LogP contribution is 1.43. The maximum absolute atomic E-state index is 9.00. The second-order valence-electron chi connectivity index (χ2n) is 2.48. The summed E-state index contributed by atoms with van der Waals surface area (Å²) in [6, 6.07) is 0. The smallest absolute Gasteiger partial charge is 0.300 e. The van der Waals surface area contributed by atoms with Crippen molar-refractivity contribution < 1.29 is 39.6 Å². The van der Waals surface area contributed by atoms with Gasteiger partial charge in [0.2, 0.25) is 0 Å². The fraction of sp³-hybridized carbons (Fsp3) is 0.600. The SMILES string of the molecule is CC(=O)O.CC(=O)O.CC(=O)O.CC(=O)O.CCN. The van der Waals surface area contributed by atoms with E-state index in [-0.39, 0.29) is 0 Å². The summed E-state index contributed by atoms with van der Waals surface area (Å²) in [6.45, 7) is 6.99. The highest BCUT2D eigenvalue weighted by Gasteiger charge is 1.66. The van der Waals surface area contributed by atoms with Crippen molar-refractivity contribution in [3.63, 3.8) is 0 Å². The van der Waals surface area contributed by atoms with Gasteiger partial charge in [0.25, 0.3) is 23.9 Å². The number of aliphatic carboxylic acids is 4. The minimum atomic E-state index is -0.833. The van der Waals surface area contributed by atoms with Crippen molar-refractivity contribution in [2.45, 2.75) is 34.6 Å². The van der Waals surface area contributed by atoms with Crippen molar-refractivity contribution in [1.82, 2.24) is 0 Å².